The molecule has 0 spiro atoms. The zero-order valence-electron chi connectivity index (χ0n) is 18.7. The van der Waals surface area contributed by atoms with Gasteiger partial charge in [0.2, 0.25) is 5.91 Å². The van der Waals surface area contributed by atoms with Crippen LogP contribution in [0.1, 0.15) is 25.0 Å². The van der Waals surface area contributed by atoms with Gasteiger partial charge < -0.3 is 10.4 Å². The topological polar surface area (TPSA) is 55.8 Å². The van der Waals surface area contributed by atoms with Crippen molar-refractivity contribution in [1.82, 2.24) is 9.80 Å². The second-order valence-corrected chi connectivity index (χ2v) is 9.75. The van der Waals surface area contributed by atoms with Crippen molar-refractivity contribution in [2.24, 2.45) is 5.92 Å². The summed E-state index contributed by atoms with van der Waals surface area (Å²) in [5, 5.41) is 13.0. The van der Waals surface area contributed by atoms with Crippen LogP contribution in [0.3, 0.4) is 0 Å². The number of rotatable bonds is 10. The molecular formula is C25H35N3O2S. The summed E-state index contributed by atoms with van der Waals surface area (Å²) in [7, 11) is 0. The monoisotopic (exact) mass is 441 g/mol. The van der Waals surface area contributed by atoms with Crippen molar-refractivity contribution in [3.8, 4) is 0 Å². The molecule has 0 bridgehead atoms. The summed E-state index contributed by atoms with van der Waals surface area (Å²) in [5.74, 6) is 2.57. The molecule has 1 saturated heterocycles. The highest BCUT2D eigenvalue weighted by molar-refractivity contribution is 7.99. The van der Waals surface area contributed by atoms with E-state index < -0.39 is 0 Å². The number of nitrogens with one attached hydrogen (secondary N) is 1. The fourth-order valence-electron chi connectivity index (χ4n) is 4.01. The lowest BCUT2D eigenvalue weighted by atomic mass is 10.0. The predicted octanol–water partition coefficient (Wildman–Crippen LogP) is 3.69. The number of nitrogens with zero attached hydrogens (tertiary/aromatic N) is 2. The van der Waals surface area contributed by atoms with Crippen molar-refractivity contribution in [2.45, 2.75) is 33.0 Å². The molecular weight excluding hydrogens is 406 g/mol. The van der Waals surface area contributed by atoms with Gasteiger partial charge >= 0.3 is 0 Å². The largest absolute Gasteiger partial charge is 0.395 e. The number of carbonyl (C=O) groups excluding carboxylic acids is 1. The first-order valence-electron chi connectivity index (χ1n) is 11.1. The van der Waals surface area contributed by atoms with E-state index in [0.717, 1.165) is 30.9 Å². The van der Waals surface area contributed by atoms with E-state index in [4.69, 9.17) is 0 Å². The minimum atomic E-state index is -0.0748. The average molecular weight is 442 g/mol. The van der Waals surface area contributed by atoms with Crippen molar-refractivity contribution in [3.05, 3.63) is 65.7 Å². The van der Waals surface area contributed by atoms with Crippen LogP contribution >= 0.6 is 11.8 Å². The van der Waals surface area contributed by atoms with E-state index in [1.165, 1.54) is 17.1 Å². The summed E-state index contributed by atoms with van der Waals surface area (Å²) in [4.78, 5) is 17.4. The Morgan fingerprint density at radius 2 is 1.81 bits per heavy atom. The third-order valence-corrected chi connectivity index (χ3v) is 6.66. The first-order valence-corrected chi connectivity index (χ1v) is 12.3. The molecule has 5 nitrogen and oxygen atoms in total. The summed E-state index contributed by atoms with van der Waals surface area (Å²) >= 11 is 2.01. The summed E-state index contributed by atoms with van der Waals surface area (Å²) in [6.45, 7) is 8.22. The Hall–Kier alpha value is -1.86. The molecule has 168 valence electrons. The van der Waals surface area contributed by atoms with E-state index >= 15 is 0 Å². The summed E-state index contributed by atoms with van der Waals surface area (Å²) in [5.41, 5.74) is 3.19. The maximum Gasteiger partial charge on any atom is 0.238 e. The second-order valence-electron chi connectivity index (χ2n) is 8.52. The number of aliphatic hydroxyl groups is 1. The van der Waals surface area contributed by atoms with Gasteiger partial charge in [0.1, 0.15) is 0 Å². The van der Waals surface area contributed by atoms with Crippen LogP contribution in [0, 0.1) is 5.92 Å². The van der Waals surface area contributed by atoms with Crippen molar-refractivity contribution in [3.63, 3.8) is 0 Å². The van der Waals surface area contributed by atoms with Crippen LogP contribution in [0.2, 0.25) is 0 Å². The Labute approximate surface area is 190 Å². The summed E-state index contributed by atoms with van der Waals surface area (Å²) in [6, 6.07) is 18.2. The van der Waals surface area contributed by atoms with Crippen LogP contribution in [0.4, 0.5) is 5.69 Å². The SMILES string of the molecule is CC(C)C(CO)N(CC(=O)Nc1cccc(CN2CCSCC2)c1)Cc1ccccc1. The Balaban J connectivity index is 1.63. The molecule has 2 N–H and O–H groups in total. The number of thioether (sulfide) groups is 1. The molecule has 0 radical (unpaired) electrons. The number of anilines is 1. The first kappa shape index (κ1) is 23.8. The molecule has 1 heterocycles. The highest BCUT2D eigenvalue weighted by atomic mass is 32.2. The molecule has 0 aliphatic carbocycles. The quantitative estimate of drug-likeness (QED) is 0.589. The van der Waals surface area contributed by atoms with Gasteiger partial charge in [-0.2, -0.15) is 11.8 Å². The van der Waals surface area contributed by atoms with E-state index in [0.29, 0.717) is 6.54 Å². The van der Waals surface area contributed by atoms with E-state index in [2.05, 4.69) is 53.2 Å². The number of aliphatic hydroxyl groups excluding tert-OH is 1. The lowest BCUT2D eigenvalue weighted by molar-refractivity contribution is -0.118. The van der Waals surface area contributed by atoms with Gasteiger partial charge in [0, 0.05) is 49.4 Å². The van der Waals surface area contributed by atoms with Crippen molar-refractivity contribution >= 4 is 23.4 Å². The predicted molar refractivity (Wildman–Crippen MR) is 130 cm³/mol. The molecule has 31 heavy (non-hydrogen) atoms. The van der Waals surface area contributed by atoms with Crippen LogP contribution in [-0.2, 0) is 17.9 Å². The fourth-order valence-corrected chi connectivity index (χ4v) is 4.98. The highest BCUT2D eigenvalue weighted by Crippen LogP contribution is 2.18. The van der Waals surface area contributed by atoms with Crippen molar-refractivity contribution < 1.29 is 9.90 Å². The third-order valence-electron chi connectivity index (χ3n) is 5.72. The molecule has 0 aromatic heterocycles. The molecule has 1 amide bonds. The summed E-state index contributed by atoms with van der Waals surface area (Å²) < 4.78 is 0. The zero-order valence-corrected chi connectivity index (χ0v) is 19.5. The smallest absolute Gasteiger partial charge is 0.238 e. The van der Waals surface area contributed by atoms with E-state index in [-0.39, 0.29) is 31.0 Å². The van der Waals surface area contributed by atoms with Crippen LogP contribution in [0.25, 0.3) is 0 Å². The maximum absolute atomic E-state index is 12.9. The molecule has 1 aliphatic rings. The Bertz CT molecular complexity index is 809. The zero-order chi connectivity index (χ0) is 22.1. The van der Waals surface area contributed by atoms with Crippen LogP contribution in [-0.4, -0.2) is 64.6 Å². The van der Waals surface area contributed by atoms with Crippen molar-refractivity contribution in [1.29, 1.82) is 0 Å². The molecule has 1 atom stereocenters. The minimum absolute atomic E-state index is 0.0292. The second kappa shape index (κ2) is 12.2. The van der Waals surface area contributed by atoms with E-state index in [1.54, 1.807) is 0 Å². The van der Waals surface area contributed by atoms with Gasteiger partial charge in [-0.15, -0.1) is 0 Å². The van der Waals surface area contributed by atoms with Gasteiger partial charge in [-0.1, -0.05) is 56.3 Å². The molecule has 2 aromatic carbocycles. The molecule has 3 rings (SSSR count). The normalized spacial score (nSPS) is 15.9. The van der Waals surface area contributed by atoms with Gasteiger partial charge in [-0.25, -0.2) is 0 Å². The molecule has 2 aromatic rings. The molecule has 1 unspecified atom stereocenters. The van der Waals surface area contributed by atoms with Crippen LogP contribution in [0.5, 0.6) is 0 Å². The number of hydrogen-bond donors (Lipinski definition) is 2. The molecule has 6 heteroatoms. The maximum atomic E-state index is 12.9. The Kier molecular flexibility index (Phi) is 9.40. The molecule has 0 saturated carbocycles. The van der Waals surface area contributed by atoms with Gasteiger partial charge in [0.25, 0.3) is 0 Å². The van der Waals surface area contributed by atoms with Crippen molar-refractivity contribution in [2.75, 3.05) is 43.1 Å². The Morgan fingerprint density at radius 3 is 2.48 bits per heavy atom. The Morgan fingerprint density at radius 1 is 1.10 bits per heavy atom. The number of benzene rings is 2. The third kappa shape index (κ3) is 7.65. The highest BCUT2D eigenvalue weighted by Gasteiger charge is 2.23. The van der Waals surface area contributed by atoms with Gasteiger partial charge in [0.15, 0.2) is 0 Å². The number of amides is 1. The first-order chi connectivity index (χ1) is 15.0. The van der Waals surface area contributed by atoms with E-state index in [9.17, 15) is 9.90 Å². The van der Waals surface area contributed by atoms with Gasteiger partial charge in [-0.05, 0) is 29.2 Å². The fraction of sp³-hybridized carbons (Fsp3) is 0.480. The molecule has 1 aliphatic heterocycles. The minimum Gasteiger partial charge on any atom is -0.395 e. The lowest BCUT2D eigenvalue weighted by Gasteiger charge is -2.32. The van der Waals surface area contributed by atoms with Gasteiger partial charge in [0.05, 0.1) is 13.2 Å². The standard InChI is InChI=1S/C25H35N3O2S/c1-20(2)24(19-29)28(17-21-7-4-3-5-8-21)18-25(30)26-23-10-6-9-22(15-23)16-27-11-13-31-14-12-27/h3-10,15,20,24,29H,11-14,16-19H2,1-2H3,(H,26,30). The number of hydrogen-bond acceptors (Lipinski definition) is 5. The van der Waals surface area contributed by atoms with Crippen LogP contribution < -0.4 is 5.32 Å². The molecule has 1 fully saturated rings. The lowest BCUT2D eigenvalue weighted by Crippen LogP contribution is -2.45. The number of carbonyl (C=O) groups is 1. The van der Waals surface area contributed by atoms with E-state index in [1.807, 2.05) is 42.1 Å². The summed E-state index contributed by atoms with van der Waals surface area (Å²) in [6.07, 6.45) is 0. The van der Waals surface area contributed by atoms with Crippen LogP contribution in [0.15, 0.2) is 54.6 Å². The average Bonchev–Trinajstić information content (AvgIpc) is 2.75. The van der Waals surface area contributed by atoms with Gasteiger partial charge in [-0.3, -0.25) is 14.6 Å².